The molecule has 6 rings (SSSR count). The molecule has 0 spiro atoms. The van der Waals surface area contributed by atoms with Crippen molar-refractivity contribution in [3.05, 3.63) is 77.5 Å². The molecule has 0 unspecified atom stereocenters. The van der Waals surface area contributed by atoms with E-state index < -0.39 is 5.82 Å². The summed E-state index contributed by atoms with van der Waals surface area (Å²) in [7, 11) is 0. The third kappa shape index (κ3) is 4.33. The first-order chi connectivity index (χ1) is 19.0. The maximum absolute atomic E-state index is 14.4. The van der Waals surface area contributed by atoms with E-state index in [4.69, 9.17) is 9.72 Å². The lowest BCUT2D eigenvalue weighted by Gasteiger charge is -2.31. The number of ether oxygens (including phenoxy) is 1. The average Bonchev–Trinajstić information content (AvgIpc) is 3.66. The van der Waals surface area contributed by atoms with Gasteiger partial charge in [-0.05, 0) is 31.9 Å². The molecule has 2 aliphatic rings. The number of imide groups is 1. The van der Waals surface area contributed by atoms with E-state index in [1.54, 1.807) is 28.8 Å². The van der Waals surface area contributed by atoms with Crippen LogP contribution in [0.5, 0.6) is 5.88 Å². The third-order valence-corrected chi connectivity index (χ3v) is 7.22. The van der Waals surface area contributed by atoms with Gasteiger partial charge in [-0.2, -0.15) is 5.10 Å². The molecule has 0 bridgehead atoms. The molecule has 11 heteroatoms. The van der Waals surface area contributed by atoms with Crippen molar-refractivity contribution in [2.24, 2.45) is 0 Å². The number of halogens is 1. The lowest BCUT2D eigenvalue weighted by Crippen LogP contribution is -2.39. The molecular formula is C28H28FN7O3. The van der Waals surface area contributed by atoms with Gasteiger partial charge in [0.2, 0.25) is 5.88 Å². The maximum Gasteiger partial charge on any atom is 0.261 e. The molecule has 0 radical (unpaired) electrons. The number of hydrogen-bond donors (Lipinski definition) is 0. The van der Waals surface area contributed by atoms with Crippen molar-refractivity contribution >= 4 is 29.0 Å². The van der Waals surface area contributed by atoms with Crippen LogP contribution in [0.2, 0.25) is 0 Å². The number of aromatic nitrogens is 4. The molecule has 0 N–H and O–H groups in total. The zero-order valence-electron chi connectivity index (χ0n) is 21.7. The van der Waals surface area contributed by atoms with Gasteiger partial charge in [-0.25, -0.2) is 18.9 Å². The number of anilines is 2. The molecule has 10 nitrogen and oxygen atoms in total. The summed E-state index contributed by atoms with van der Waals surface area (Å²) in [6.45, 7) is 5.40. The molecular weight excluding hydrogens is 501 g/mol. The van der Waals surface area contributed by atoms with Gasteiger partial charge in [0.1, 0.15) is 11.5 Å². The summed E-state index contributed by atoms with van der Waals surface area (Å²) in [4.78, 5) is 36.0. The Labute approximate surface area is 224 Å². The zero-order chi connectivity index (χ0) is 27.1. The fraction of sp³-hybridized carbons (Fsp3) is 0.321. The molecule has 3 aromatic heterocycles. The van der Waals surface area contributed by atoms with Gasteiger partial charge in [-0.1, -0.05) is 19.1 Å². The first-order valence-electron chi connectivity index (χ1n) is 13.1. The lowest BCUT2D eigenvalue weighted by atomic mass is 10.1. The second kappa shape index (κ2) is 9.97. The first-order valence-corrected chi connectivity index (χ1v) is 13.1. The fourth-order valence-electron chi connectivity index (χ4n) is 5.18. The number of carbonyl (C=O) groups excluding carboxylic acids is 2. The summed E-state index contributed by atoms with van der Waals surface area (Å²) in [5, 5.41) is 8.28. The Kier molecular flexibility index (Phi) is 6.34. The molecule has 200 valence electrons. The van der Waals surface area contributed by atoms with Crippen molar-refractivity contribution in [1.29, 1.82) is 0 Å². The van der Waals surface area contributed by atoms with Crippen molar-refractivity contribution in [3.8, 4) is 5.88 Å². The first kappa shape index (κ1) is 24.8. The van der Waals surface area contributed by atoms with Crippen LogP contribution < -0.4 is 14.8 Å². The van der Waals surface area contributed by atoms with E-state index in [-0.39, 0.29) is 30.3 Å². The standard InChI is InChI=1S/C28H28FN7O3/c1-3-19-16-31-33-13-9-24(32-25(19)33)35-12-6-11-34(35)23-15-20(29)17-30-26(23)39-14-10-18(2)36-27(37)21-7-4-5-8-22(21)28(36)38/h4-5,7-9,13,15-18H,3,6,10-12,14H2,1-2H3/t18-/m1/s1. The van der Waals surface area contributed by atoms with Crippen LogP contribution in [0.25, 0.3) is 5.65 Å². The van der Waals surface area contributed by atoms with Crippen molar-refractivity contribution in [3.63, 3.8) is 0 Å². The van der Waals surface area contributed by atoms with E-state index in [0.717, 1.165) is 36.1 Å². The quantitative estimate of drug-likeness (QED) is 0.317. The minimum Gasteiger partial charge on any atom is -0.476 e. The number of hydrogen-bond acceptors (Lipinski definition) is 8. The number of aryl methyl sites for hydroxylation is 1. The Morgan fingerprint density at radius 1 is 1.05 bits per heavy atom. The van der Waals surface area contributed by atoms with Crippen molar-refractivity contribution in [2.75, 3.05) is 29.7 Å². The molecule has 1 saturated heterocycles. The molecule has 2 amide bonds. The monoisotopic (exact) mass is 529 g/mol. The third-order valence-electron chi connectivity index (χ3n) is 7.22. The predicted octanol–water partition coefficient (Wildman–Crippen LogP) is 3.91. The van der Waals surface area contributed by atoms with Gasteiger partial charge >= 0.3 is 0 Å². The summed E-state index contributed by atoms with van der Waals surface area (Å²) in [6, 6.07) is 9.73. The van der Waals surface area contributed by atoms with Gasteiger partial charge < -0.3 is 4.74 Å². The van der Waals surface area contributed by atoms with Crippen molar-refractivity contribution < 1.29 is 18.7 Å². The minimum absolute atomic E-state index is 0.188. The van der Waals surface area contributed by atoms with E-state index in [1.807, 2.05) is 35.4 Å². The summed E-state index contributed by atoms with van der Waals surface area (Å²) < 4.78 is 22.2. The SMILES string of the molecule is CCc1cnn2ccc(N3CCCN3c3cc(F)cnc3OCC[C@@H](C)N3C(=O)c4ccccc4C3=O)nc12. The minimum atomic E-state index is -0.476. The summed E-state index contributed by atoms with van der Waals surface area (Å²) in [6.07, 6.45) is 6.87. The van der Waals surface area contributed by atoms with Gasteiger partial charge in [-0.3, -0.25) is 24.5 Å². The molecule has 1 aromatic carbocycles. The smallest absolute Gasteiger partial charge is 0.261 e. The van der Waals surface area contributed by atoms with Crippen LogP contribution in [0.1, 0.15) is 53.0 Å². The van der Waals surface area contributed by atoms with Crippen LogP contribution in [0.15, 0.2) is 55.0 Å². The molecule has 4 aromatic rings. The number of amides is 2. The van der Waals surface area contributed by atoms with Crippen LogP contribution in [0, 0.1) is 5.82 Å². The van der Waals surface area contributed by atoms with E-state index >= 15 is 0 Å². The summed E-state index contributed by atoms with van der Waals surface area (Å²) in [5.74, 6) is -0.0751. The van der Waals surface area contributed by atoms with Crippen LogP contribution in [0.4, 0.5) is 15.9 Å². The average molecular weight is 530 g/mol. The summed E-state index contributed by atoms with van der Waals surface area (Å²) >= 11 is 0. The number of hydrazine groups is 1. The molecule has 1 atom stereocenters. The Morgan fingerprint density at radius 2 is 1.79 bits per heavy atom. The largest absolute Gasteiger partial charge is 0.476 e. The number of fused-ring (bicyclic) bond motifs is 2. The van der Waals surface area contributed by atoms with Gasteiger partial charge in [0.05, 0.1) is 30.1 Å². The second-order valence-electron chi connectivity index (χ2n) is 9.67. The van der Waals surface area contributed by atoms with E-state index in [1.165, 1.54) is 11.0 Å². The Bertz CT molecular complexity index is 1540. The van der Waals surface area contributed by atoms with Gasteiger partial charge in [0.15, 0.2) is 11.5 Å². The Hall–Kier alpha value is -4.54. The molecule has 1 fully saturated rings. The molecule has 0 saturated carbocycles. The van der Waals surface area contributed by atoms with Gasteiger partial charge in [-0.15, -0.1) is 0 Å². The fourth-order valence-corrected chi connectivity index (χ4v) is 5.18. The van der Waals surface area contributed by atoms with E-state index in [2.05, 4.69) is 17.0 Å². The number of nitrogens with zero attached hydrogens (tertiary/aromatic N) is 7. The van der Waals surface area contributed by atoms with Crippen LogP contribution in [0.3, 0.4) is 0 Å². The normalized spacial score (nSPS) is 15.9. The number of carbonyl (C=O) groups is 2. The summed E-state index contributed by atoms with van der Waals surface area (Å²) in [5.41, 5.74) is 3.16. The lowest BCUT2D eigenvalue weighted by molar-refractivity contribution is 0.0579. The van der Waals surface area contributed by atoms with Crippen LogP contribution in [-0.2, 0) is 6.42 Å². The highest BCUT2D eigenvalue weighted by Crippen LogP contribution is 2.33. The number of rotatable bonds is 8. The van der Waals surface area contributed by atoms with E-state index in [0.29, 0.717) is 36.3 Å². The second-order valence-corrected chi connectivity index (χ2v) is 9.67. The molecule has 2 aliphatic heterocycles. The topological polar surface area (TPSA) is 96.2 Å². The predicted molar refractivity (Wildman–Crippen MR) is 142 cm³/mol. The zero-order valence-corrected chi connectivity index (χ0v) is 21.7. The highest BCUT2D eigenvalue weighted by Gasteiger charge is 2.38. The number of pyridine rings is 1. The maximum atomic E-state index is 14.4. The molecule has 0 aliphatic carbocycles. The Balaban J connectivity index is 1.19. The Morgan fingerprint density at radius 3 is 2.54 bits per heavy atom. The van der Waals surface area contributed by atoms with Gasteiger partial charge in [0, 0.05) is 49.4 Å². The molecule has 39 heavy (non-hydrogen) atoms. The highest BCUT2D eigenvalue weighted by atomic mass is 19.1. The van der Waals surface area contributed by atoms with Gasteiger partial charge in [0.25, 0.3) is 11.8 Å². The number of benzene rings is 1. The molecule has 5 heterocycles. The van der Waals surface area contributed by atoms with E-state index in [9.17, 15) is 14.0 Å². The van der Waals surface area contributed by atoms with Crippen molar-refractivity contribution in [1.82, 2.24) is 24.5 Å². The van der Waals surface area contributed by atoms with Crippen molar-refractivity contribution in [2.45, 2.75) is 39.2 Å². The highest BCUT2D eigenvalue weighted by molar-refractivity contribution is 6.21. The van der Waals surface area contributed by atoms with Crippen LogP contribution in [-0.4, -0.2) is 62.0 Å². The van der Waals surface area contributed by atoms with Crippen LogP contribution >= 0.6 is 0 Å².